The number of ether oxygens (including phenoxy) is 1. The van der Waals surface area contributed by atoms with Crippen molar-refractivity contribution < 1.29 is 131 Å². The van der Waals surface area contributed by atoms with E-state index in [4.69, 9.17) is 0 Å². The fourth-order valence-corrected chi connectivity index (χ4v) is 1.85. The van der Waals surface area contributed by atoms with Gasteiger partial charge in [-0.25, -0.2) is 4.39 Å². The minimum atomic E-state index is -3.76. The summed E-state index contributed by atoms with van der Waals surface area (Å²) in [5.41, 5.74) is 0. The second kappa shape index (κ2) is 10.7. The van der Waals surface area contributed by atoms with Gasteiger partial charge >= 0.3 is 109 Å². The molecule has 0 spiro atoms. The molecule has 0 radical (unpaired) electrons. The number of hydrogen-bond acceptors (Lipinski definition) is 4. The summed E-state index contributed by atoms with van der Waals surface area (Å²) in [5.74, 6) is -0.895. The zero-order chi connectivity index (χ0) is 12.3. The van der Waals surface area contributed by atoms with Crippen molar-refractivity contribution in [1.82, 2.24) is 4.90 Å². The zero-order valence-corrected chi connectivity index (χ0v) is 17.1. The second-order valence-corrected chi connectivity index (χ2v) is 3.87. The molecule has 1 saturated heterocycles. The van der Waals surface area contributed by atoms with E-state index in [0.29, 0.717) is 4.90 Å². The monoisotopic (exact) mass is 317 g/mol. The molecule has 2 atom stereocenters. The molecule has 94 valence electrons. The number of alkyl halides is 3. The molecular weight excluding hydrogens is 304 g/mol. The van der Waals surface area contributed by atoms with Crippen LogP contribution in [-0.2, 0) is 4.74 Å². The Balaban J connectivity index is 0. The number of hydrogen-bond donors (Lipinski definition) is 0. The molecule has 10 heteroatoms. The molecule has 0 aliphatic carbocycles. The van der Waals surface area contributed by atoms with Crippen LogP contribution >= 0.6 is 0 Å². The molecule has 0 bridgehead atoms. The number of nitrogens with zero attached hydrogens (tertiary/aromatic N) is 1. The summed E-state index contributed by atoms with van der Waals surface area (Å²) < 4.78 is 44.9. The first-order valence-electron chi connectivity index (χ1n) is 4.97. The minimum absolute atomic E-state index is 0. The Hall–Kier alpha value is 2.97. The molecule has 1 heterocycles. The average molecular weight is 317 g/mol. The van der Waals surface area contributed by atoms with Gasteiger partial charge in [0, 0.05) is 19.6 Å². The van der Waals surface area contributed by atoms with Crippen LogP contribution < -0.4 is 113 Å². The number of likely N-dealkylation sites (tertiary alicyclic amines) is 1. The standard InChI is InChI=1S/C8H13BF3NO3.2K/c1-16-4-6-2-3-13(5-9(14)15)8(11,12)7(6)10;;/h6-7H,2-5H2,1H3;;/q-2;2*+1. The molecule has 4 nitrogen and oxygen atoms in total. The van der Waals surface area contributed by atoms with Gasteiger partial charge in [-0.2, -0.15) is 8.78 Å². The first kappa shape index (κ1) is 23.2. The van der Waals surface area contributed by atoms with Gasteiger partial charge in [0.05, 0.1) is 6.61 Å². The third-order valence-electron chi connectivity index (χ3n) is 2.69. The van der Waals surface area contributed by atoms with Crippen molar-refractivity contribution in [3.05, 3.63) is 0 Å². The predicted molar refractivity (Wildman–Crippen MR) is 47.2 cm³/mol. The van der Waals surface area contributed by atoms with E-state index in [1.54, 1.807) is 0 Å². The maximum atomic E-state index is 13.4. The zero-order valence-electron chi connectivity index (χ0n) is 10.9. The summed E-state index contributed by atoms with van der Waals surface area (Å²) in [6, 6.07) is -3.76. The van der Waals surface area contributed by atoms with Crippen LogP contribution in [0.1, 0.15) is 6.42 Å². The largest absolute Gasteiger partial charge is 1.00 e. The normalized spacial score (nSPS) is 27.0. The minimum Gasteiger partial charge on any atom is -0.892 e. The third-order valence-corrected chi connectivity index (χ3v) is 2.69. The number of piperidine rings is 1. The van der Waals surface area contributed by atoms with Gasteiger partial charge < -0.3 is 14.8 Å². The van der Waals surface area contributed by atoms with E-state index in [1.807, 2.05) is 0 Å². The number of halogens is 3. The molecule has 1 aliphatic rings. The molecule has 0 aromatic rings. The molecule has 0 aromatic carbocycles. The summed E-state index contributed by atoms with van der Waals surface area (Å²) >= 11 is 0. The van der Waals surface area contributed by atoms with Gasteiger partial charge in [0.25, 0.3) is 0 Å². The van der Waals surface area contributed by atoms with Crippen molar-refractivity contribution >= 4 is 7.12 Å². The summed E-state index contributed by atoms with van der Waals surface area (Å²) in [6.07, 6.45) is -3.13. The van der Waals surface area contributed by atoms with Gasteiger partial charge in [-0.3, -0.25) is 4.90 Å². The smallest absolute Gasteiger partial charge is 0.892 e. The second-order valence-electron chi connectivity index (χ2n) is 3.87. The van der Waals surface area contributed by atoms with E-state index < -0.39 is 31.7 Å². The van der Waals surface area contributed by atoms with Gasteiger partial charge in [0.2, 0.25) is 0 Å². The maximum absolute atomic E-state index is 13.4. The molecule has 1 fully saturated rings. The van der Waals surface area contributed by atoms with Crippen LogP contribution in [0.5, 0.6) is 0 Å². The van der Waals surface area contributed by atoms with E-state index in [0.717, 1.165) is 0 Å². The average Bonchev–Trinajstić information content (AvgIpc) is 2.18. The number of methoxy groups -OCH3 is 1. The molecule has 1 rings (SSSR count). The topological polar surface area (TPSA) is 58.6 Å². The predicted octanol–water partition coefficient (Wildman–Crippen LogP) is -7.36. The Morgan fingerprint density at radius 1 is 1.39 bits per heavy atom. The Kier molecular flexibility index (Phi) is 13.8. The Labute approximate surface area is 190 Å². The van der Waals surface area contributed by atoms with Gasteiger partial charge in [-0.05, 0) is 6.42 Å². The van der Waals surface area contributed by atoms with Crippen molar-refractivity contribution in [2.45, 2.75) is 18.6 Å². The van der Waals surface area contributed by atoms with Crippen LogP contribution in [0.4, 0.5) is 13.2 Å². The first-order valence-corrected chi connectivity index (χ1v) is 4.97. The summed E-state index contributed by atoms with van der Waals surface area (Å²) in [4.78, 5) is 0.328. The van der Waals surface area contributed by atoms with Gasteiger partial charge in [0.15, 0.2) is 6.17 Å². The van der Waals surface area contributed by atoms with Gasteiger partial charge in [-0.15, -0.1) is 0 Å². The summed E-state index contributed by atoms with van der Waals surface area (Å²) in [7, 11) is -1.08. The SMILES string of the molecule is COCC1CCN(CB([O-])[O-])C(F)(F)C1F.[K+].[K+]. The molecule has 0 N–H and O–H groups in total. The van der Waals surface area contributed by atoms with Crippen LogP contribution in [0, 0.1) is 5.92 Å². The maximum Gasteiger partial charge on any atom is 1.00 e. The van der Waals surface area contributed by atoms with Crippen LogP contribution in [-0.4, -0.2) is 50.9 Å². The summed E-state index contributed by atoms with van der Waals surface area (Å²) in [6.45, 7) is -0.259. The molecule has 0 saturated carbocycles. The van der Waals surface area contributed by atoms with Crippen molar-refractivity contribution in [3.8, 4) is 0 Å². The Morgan fingerprint density at radius 2 is 1.94 bits per heavy atom. The van der Waals surface area contributed by atoms with E-state index in [2.05, 4.69) is 4.74 Å². The molecule has 0 aromatic heterocycles. The first-order chi connectivity index (χ1) is 7.39. The van der Waals surface area contributed by atoms with Crippen molar-refractivity contribution in [1.29, 1.82) is 0 Å². The van der Waals surface area contributed by atoms with Gasteiger partial charge in [0.1, 0.15) is 0 Å². The molecule has 0 amide bonds. The molecule has 18 heavy (non-hydrogen) atoms. The van der Waals surface area contributed by atoms with E-state index >= 15 is 0 Å². The fourth-order valence-electron chi connectivity index (χ4n) is 1.85. The molecule has 1 aliphatic heterocycles. The number of rotatable bonds is 4. The quantitative estimate of drug-likeness (QED) is 0.382. The van der Waals surface area contributed by atoms with E-state index in [1.165, 1.54) is 7.11 Å². The van der Waals surface area contributed by atoms with Crippen molar-refractivity contribution in [2.75, 3.05) is 26.7 Å². The van der Waals surface area contributed by atoms with Crippen molar-refractivity contribution in [3.63, 3.8) is 0 Å². The van der Waals surface area contributed by atoms with Gasteiger partial charge in [-0.1, -0.05) is 13.6 Å². The van der Waals surface area contributed by atoms with Crippen LogP contribution in [0.25, 0.3) is 0 Å². The third kappa shape index (κ3) is 6.39. The Morgan fingerprint density at radius 3 is 2.39 bits per heavy atom. The van der Waals surface area contributed by atoms with Crippen molar-refractivity contribution in [2.24, 2.45) is 5.92 Å². The van der Waals surface area contributed by atoms with Crippen LogP contribution in [0.2, 0.25) is 0 Å². The van der Waals surface area contributed by atoms with Crippen LogP contribution in [0.3, 0.4) is 0 Å². The summed E-state index contributed by atoms with van der Waals surface area (Å²) in [5, 5.41) is 20.6. The molecular formula is C8H13BF3K2NO3. The van der Waals surface area contributed by atoms with E-state index in [9.17, 15) is 23.2 Å². The van der Waals surface area contributed by atoms with E-state index in [-0.39, 0.29) is 122 Å². The Bertz CT molecular complexity index is 242. The fraction of sp³-hybridized carbons (Fsp3) is 1.00. The van der Waals surface area contributed by atoms with Crippen LogP contribution in [0.15, 0.2) is 0 Å². The molecule has 2 unspecified atom stereocenters.